The molecule has 2 rings (SSSR count). The lowest BCUT2D eigenvalue weighted by Gasteiger charge is -2.04. The number of nitrogens with zero attached hydrogens (tertiary/aromatic N) is 1. The second-order valence-electron chi connectivity index (χ2n) is 3.89. The predicted octanol–water partition coefficient (Wildman–Crippen LogP) is 3.30. The Balaban J connectivity index is 2.45. The number of aromatic nitrogens is 1. The lowest BCUT2D eigenvalue weighted by molar-refractivity contribution is 0.104. The van der Waals surface area contributed by atoms with E-state index in [0.29, 0.717) is 4.88 Å². The van der Waals surface area contributed by atoms with Crippen LogP contribution in [-0.4, -0.2) is 10.8 Å². The van der Waals surface area contributed by atoms with Crippen LogP contribution in [0.25, 0.3) is 0 Å². The average Bonchev–Trinajstić information content (AvgIpc) is 2.67. The molecule has 0 atom stereocenters. The zero-order valence-corrected chi connectivity index (χ0v) is 10.4. The fourth-order valence-electron chi connectivity index (χ4n) is 1.58. The van der Waals surface area contributed by atoms with Crippen molar-refractivity contribution in [1.29, 1.82) is 0 Å². The van der Waals surface area contributed by atoms with Crippen molar-refractivity contribution in [1.82, 2.24) is 4.98 Å². The van der Waals surface area contributed by atoms with Crippen LogP contribution in [0.5, 0.6) is 0 Å². The summed E-state index contributed by atoms with van der Waals surface area (Å²) in [5.41, 5.74) is 2.90. The van der Waals surface area contributed by atoms with Gasteiger partial charge in [-0.05, 0) is 32.4 Å². The van der Waals surface area contributed by atoms with E-state index in [1.807, 2.05) is 39.0 Å². The number of ketones is 1. The molecular formula is C13H13NOS. The molecule has 0 unspecified atom stereocenters. The van der Waals surface area contributed by atoms with Gasteiger partial charge in [-0.3, -0.25) is 4.79 Å². The van der Waals surface area contributed by atoms with E-state index < -0.39 is 0 Å². The molecule has 0 aliphatic carbocycles. The van der Waals surface area contributed by atoms with Crippen LogP contribution in [0.3, 0.4) is 0 Å². The molecule has 0 aliphatic rings. The average molecular weight is 231 g/mol. The van der Waals surface area contributed by atoms with Gasteiger partial charge in [-0.1, -0.05) is 17.7 Å². The second-order valence-corrected chi connectivity index (χ2v) is 5.13. The summed E-state index contributed by atoms with van der Waals surface area (Å²) in [7, 11) is 0. The maximum atomic E-state index is 12.2. The SMILES string of the molecule is Cc1ccc(C)c(C(=O)c2cnc(C)s2)c1. The highest BCUT2D eigenvalue weighted by atomic mass is 32.1. The van der Waals surface area contributed by atoms with Gasteiger partial charge in [0.1, 0.15) is 0 Å². The van der Waals surface area contributed by atoms with E-state index in [1.165, 1.54) is 11.3 Å². The zero-order chi connectivity index (χ0) is 11.7. The number of thiazole rings is 1. The Hall–Kier alpha value is -1.48. The van der Waals surface area contributed by atoms with Crippen LogP contribution in [0, 0.1) is 20.8 Å². The molecule has 0 amide bonds. The third kappa shape index (κ3) is 2.04. The van der Waals surface area contributed by atoms with Crippen molar-refractivity contribution in [3.8, 4) is 0 Å². The first kappa shape index (κ1) is 11.0. The van der Waals surface area contributed by atoms with E-state index in [0.717, 1.165) is 21.7 Å². The molecule has 0 aliphatic heterocycles. The topological polar surface area (TPSA) is 30.0 Å². The molecule has 0 fully saturated rings. The van der Waals surface area contributed by atoms with Gasteiger partial charge in [0.25, 0.3) is 0 Å². The lowest BCUT2D eigenvalue weighted by Crippen LogP contribution is -2.01. The predicted molar refractivity (Wildman–Crippen MR) is 66.2 cm³/mol. The van der Waals surface area contributed by atoms with Crippen LogP contribution in [0.4, 0.5) is 0 Å². The summed E-state index contributed by atoms with van der Waals surface area (Å²) < 4.78 is 0. The number of carbonyl (C=O) groups excluding carboxylic acids is 1. The fraction of sp³-hybridized carbons (Fsp3) is 0.231. The minimum absolute atomic E-state index is 0.0757. The summed E-state index contributed by atoms with van der Waals surface area (Å²) in [6.45, 7) is 5.86. The Morgan fingerprint density at radius 3 is 2.62 bits per heavy atom. The standard InChI is InChI=1S/C13H13NOS/c1-8-4-5-9(2)11(6-8)13(15)12-7-14-10(3)16-12/h4-7H,1-3H3. The number of benzene rings is 1. The first-order valence-corrected chi connectivity index (χ1v) is 5.94. The Kier molecular flexibility index (Phi) is 2.88. The molecule has 82 valence electrons. The summed E-state index contributed by atoms with van der Waals surface area (Å²) in [6.07, 6.45) is 1.66. The van der Waals surface area contributed by atoms with Crippen molar-refractivity contribution in [3.63, 3.8) is 0 Å². The van der Waals surface area contributed by atoms with Crippen LogP contribution in [0.2, 0.25) is 0 Å². The highest BCUT2D eigenvalue weighted by Crippen LogP contribution is 2.19. The van der Waals surface area contributed by atoms with Gasteiger partial charge in [-0.2, -0.15) is 0 Å². The smallest absolute Gasteiger partial charge is 0.204 e. The normalized spacial score (nSPS) is 10.4. The maximum absolute atomic E-state index is 12.2. The van der Waals surface area contributed by atoms with Crippen molar-refractivity contribution in [2.75, 3.05) is 0 Å². The summed E-state index contributed by atoms with van der Waals surface area (Å²) in [6, 6.07) is 5.94. The molecule has 0 bridgehead atoms. The number of hydrogen-bond donors (Lipinski definition) is 0. The molecule has 3 heteroatoms. The van der Waals surface area contributed by atoms with Crippen LogP contribution < -0.4 is 0 Å². The van der Waals surface area contributed by atoms with Gasteiger partial charge >= 0.3 is 0 Å². The molecule has 0 N–H and O–H groups in total. The number of hydrogen-bond acceptors (Lipinski definition) is 3. The summed E-state index contributed by atoms with van der Waals surface area (Å²) in [5.74, 6) is 0.0757. The monoisotopic (exact) mass is 231 g/mol. The van der Waals surface area contributed by atoms with Gasteiger partial charge < -0.3 is 0 Å². The quantitative estimate of drug-likeness (QED) is 0.742. The van der Waals surface area contributed by atoms with E-state index in [4.69, 9.17) is 0 Å². The minimum atomic E-state index is 0.0757. The molecule has 0 spiro atoms. The van der Waals surface area contributed by atoms with Gasteiger partial charge in [0.15, 0.2) is 0 Å². The van der Waals surface area contributed by atoms with E-state index in [-0.39, 0.29) is 5.78 Å². The Morgan fingerprint density at radius 2 is 2.00 bits per heavy atom. The molecule has 0 saturated carbocycles. The summed E-state index contributed by atoms with van der Waals surface area (Å²) in [5, 5.41) is 0.925. The lowest BCUT2D eigenvalue weighted by atomic mass is 10.0. The summed E-state index contributed by atoms with van der Waals surface area (Å²) in [4.78, 5) is 17.0. The van der Waals surface area contributed by atoms with Crippen LogP contribution in [0.15, 0.2) is 24.4 Å². The van der Waals surface area contributed by atoms with Gasteiger partial charge in [0, 0.05) is 11.8 Å². The third-order valence-electron chi connectivity index (χ3n) is 2.48. The maximum Gasteiger partial charge on any atom is 0.204 e. The van der Waals surface area contributed by atoms with E-state index in [9.17, 15) is 4.79 Å². The number of rotatable bonds is 2. The molecular weight excluding hydrogens is 218 g/mol. The van der Waals surface area contributed by atoms with Crippen molar-refractivity contribution in [2.45, 2.75) is 20.8 Å². The molecule has 1 heterocycles. The molecule has 2 aromatic rings. The van der Waals surface area contributed by atoms with Crippen LogP contribution in [-0.2, 0) is 0 Å². The largest absolute Gasteiger partial charge is 0.288 e. The molecule has 2 nitrogen and oxygen atoms in total. The summed E-state index contributed by atoms with van der Waals surface area (Å²) >= 11 is 1.44. The first-order valence-electron chi connectivity index (χ1n) is 5.12. The van der Waals surface area contributed by atoms with Crippen molar-refractivity contribution in [3.05, 3.63) is 51.0 Å². The van der Waals surface area contributed by atoms with Crippen molar-refractivity contribution in [2.24, 2.45) is 0 Å². The van der Waals surface area contributed by atoms with Gasteiger partial charge in [-0.25, -0.2) is 4.98 Å². The van der Waals surface area contributed by atoms with Crippen molar-refractivity contribution < 1.29 is 4.79 Å². The Bertz CT molecular complexity index is 543. The van der Waals surface area contributed by atoms with Crippen molar-refractivity contribution >= 4 is 17.1 Å². The minimum Gasteiger partial charge on any atom is -0.288 e. The van der Waals surface area contributed by atoms with Gasteiger partial charge in [0.2, 0.25) is 5.78 Å². The molecule has 16 heavy (non-hydrogen) atoms. The second kappa shape index (κ2) is 4.18. The molecule has 1 aromatic carbocycles. The Morgan fingerprint density at radius 1 is 1.25 bits per heavy atom. The van der Waals surface area contributed by atoms with Gasteiger partial charge in [0.05, 0.1) is 9.88 Å². The highest BCUT2D eigenvalue weighted by Gasteiger charge is 2.14. The molecule has 1 aromatic heterocycles. The third-order valence-corrected chi connectivity index (χ3v) is 3.39. The van der Waals surface area contributed by atoms with E-state index >= 15 is 0 Å². The van der Waals surface area contributed by atoms with E-state index in [2.05, 4.69) is 4.98 Å². The zero-order valence-electron chi connectivity index (χ0n) is 9.57. The number of carbonyl (C=O) groups is 1. The van der Waals surface area contributed by atoms with E-state index in [1.54, 1.807) is 6.20 Å². The first-order chi connectivity index (χ1) is 7.58. The highest BCUT2D eigenvalue weighted by molar-refractivity contribution is 7.13. The number of aryl methyl sites for hydroxylation is 3. The van der Waals surface area contributed by atoms with Gasteiger partial charge in [-0.15, -0.1) is 11.3 Å². The fourth-order valence-corrected chi connectivity index (χ4v) is 2.31. The van der Waals surface area contributed by atoms with Crippen LogP contribution >= 0.6 is 11.3 Å². The molecule has 0 saturated heterocycles. The molecule has 0 radical (unpaired) electrons. The van der Waals surface area contributed by atoms with Crippen LogP contribution in [0.1, 0.15) is 31.4 Å². The Labute approximate surface area is 99.0 Å².